The summed E-state index contributed by atoms with van der Waals surface area (Å²) >= 11 is 0. The maximum atomic E-state index is 2.49. The Morgan fingerprint density at radius 2 is 1.15 bits per heavy atom. The standard InChI is InChI=1S/C58H51N/c1-5-57(6-2)54-38-42(29-36-49(54)50-37-35-48(39-55(50)57)59(46-31-24-40(3)25-32-46)47-33-26-41(4)27-34-47)28-30-43-16-15-23-53-56(43)51-21-13-14-22-52(51)58(53,44-17-9-7-10-18-44)45-19-11-8-12-20-45/h7,9-11,13-39H,5-6,8,12H2,1-4H3. The zero-order valence-corrected chi connectivity index (χ0v) is 34.7. The van der Waals surface area contributed by atoms with Crippen LogP contribution < -0.4 is 4.90 Å². The Kier molecular flexibility index (Phi) is 9.21. The summed E-state index contributed by atoms with van der Waals surface area (Å²) < 4.78 is 0. The molecule has 0 spiro atoms. The van der Waals surface area contributed by atoms with E-state index in [0.29, 0.717) is 0 Å². The second-order valence-electron chi connectivity index (χ2n) is 16.7. The smallest absolute Gasteiger partial charge is 0.0710 e. The minimum absolute atomic E-state index is 0.0831. The number of fused-ring (bicyclic) bond motifs is 6. The van der Waals surface area contributed by atoms with Crippen molar-refractivity contribution in [3.05, 3.63) is 232 Å². The van der Waals surface area contributed by atoms with Crippen molar-refractivity contribution in [2.24, 2.45) is 0 Å². The van der Waals surface area contributed by atoms with Crippen LogP contribution in [-0.2, 0) is 10.8 Å². The van der Waals surface area contributed by atoms with Gasteiger partial charge in [0.15, 0.2) is 0 Å². The third kappa shape index (κ3) is 5.82. The average Bonchev–Trinajstić information content (AvgIpc) is 3.75. The normalized spacial score (nSPS) is 17.0. The first-order valence-electron chi connectivity index (χ1n) is 21.5. The number of hydrogen-bond acceptors (Lipinski definition) is 1. The summed E-state index contributed by atoms with van der Waals surface area (Å²) in [6, 6.07) is 59.4. The van der Waals surface area contributed by atoms with Gasteiger partial charge in [-0.25, -0.2) is 0 Å². The Bertz CT molecular complexity index is 2750. The number of anilines is 3. The fourth-order valence-corrected chi connectivity index (χ4v) is 10.6. The van der Waals surface area contributed by atoms with Gasteiger partial charge in [-0.05, 0) is 143 Å². The SMILES string of the molecule is CCC1(CC)c2cc(C=Cc3cccc4c3-c3ccccc3C4(C3=CCCC=C3)c3ccccc3)ccc2-c2ccc(N(c3ccc(C)cc3)c3ccc(C)cc3)cc21. The molecule has 3 aliphatic rings. The molecule has 0 bridgehead atoms. The van der Waals surface area contributed by atoms with Gasteiger partial charge in [-0.2, -0.15) is 0 Å². The van der Waals surface area contributed by atoms with Gasteiger partial charge in [0.25, 0.3) is 0 Å². The van der Waals surface area contributed by atoms with E-state index in [1.165, 1.54) is 95.0 Å². The molecule has 0 heterocycles. The highest BCUT2D eigenvalue weighted by Crippen LogP contribution is 2.58. The van der Waals surface area contributed by atoms with Gasteiger partial charge in [-0.1, -0.05) is 177 Å². The fraction of sp³-hybridized carbons (Fsp3) is 0.172. The van der Waals surface area contributed by atoms with E-state index in [2.05, 4.69) is 221 Å². The maximum Gasteiger partial charge on any atom is 0.0710 e. The lowest BCUT2D eigenvalue weighted by atomic mass is 9.66. The van der Waals surface area contributed by atoms with Gasteiger partial charge in [-0.3, -0.25) is 0 Å². The summed E-state index contributed by atoms with van der Waals surface area (Å²) in [6.45, 7) is 9.05. The van der Waals surface area contributed by atoms with Crippen LogP contribution in [0.3, 0.4) is 0 Å². The Balaban J connectivity index is 1.06. The third-order valence-electron chi connectivity index (χ3n) is 13.6. The van der Waals surface area contributed by atoms with Crippen molar-refractivity contribution >= 4 is 29.2 Å². The zero-order chi connectivity index (χ0) is 40.1. The molecule has 1 heteroatoms. The fourth-order valence-electron chi connectivity index (χ4n) is 10.6. The molecular formula is C58H51N. The minimum atomic E-state index is -0.359. The van der Waals surface area contributed by atoms with Crippen molar-refractivity contribution in [3.63, 3.8) is 0 Å². The van der Waals surface area contributed by atoms with Gasteiger partial charge in [0, 0.05) is 22.5 Å². The lowest BCUT2D eigenvalue weighted by Crippen LogP contribution is -2.29. The molecule has 1 nitrogen and oxygen atoms in total. The van der Waals surface area contributed by atoms with Crippen molar-refractivity contribution in [1.82, 2.24) is 0 Å². The first kappa shape index (κ1) is 36.9. The monoisotopic (exact) mass is 761 g/mol. The Morgan fingerprint density at radius 1 is 0.525 bits per heavy atom. The maximum absolute atomic E-state index is 2.49. The second-order valence-corrected chi connectivity index (χ2v) is 16.7. The van der Waals surface area contributed by atoms with Crippen LogP contribution in [0.25, 0.3) is 34.4 Å². The van der Waals surface area contributed by atoms with Crippen molar-refractivity contribution in [2.75, 3.05) is 4.90 Å². The molecule has 7 aromatic rings. The van der Waals surface area contributed by atoms with Crippen molar-refractivity contribution in [3.8, 4) is 22.3 Å². The number of nitrogens with zero attached hydrogens (tertiary/aromatic N) is 1. The average molecular weight is 762 g/mol. The number of rotatable bonds is 9. The molecule has 10 rings (SSSR count). The van der Waals surface area contributed by atoms with Crippen LogP contribution in [0.5, 0.6) is 0 Å². The summed E-state index contributed by atoms with van der Waals surface area (Å²) in [5, 5.41) is 0. The number of allylic oxidation sites excluding steroid dienone is 4. The first-order chi connectivity index (χ1) is 29.0. The molecule has 59 heavy (non-hydrogen) atoms. The van der Waals surface area contributed by atoms with Gasteiger partial charge in [0.1, 0.15) is 0 Å². The van der Waals surface area contributed by atoms with Crippen molar-refractivity contribution in [2.45, 2.75) is 64.2 Å². The largest absolute Gasteiger partial charge is 0.310 e. The lowest BCUT2D eigenvalue weighted by Gasteiger charge is -2.35. The van der Waals surface area contributed by atoms with Gasteiger partial charge in [0.2, 0.25) is 0 Å². The van der Waals surface area contributed by atoms with Crippen LogP contribution in [-0.4, -0.2) is 0 Å². The van der Waals surface area contributed by atoms with Crippen molar-refractivity contribution in [1.29, 1.82) is 0 Å². The van der Waals surface area contributed by atoms with E-state index in [1.807, 2.05) is 0 Å². The highest BCUT2D eigenvalue weighted by atomic mass is 15.1. The molecule has 3 aliphatic carbocycles. The molecule has 0 saturated heterocycles. The van der Waals surface area contributed by atoms with E-state index in [9.17, 15) is 0 Å². The lowest BCUT2D eigenvalue weighted by molar-refractivity contribution is 0.490. The van der Waals surface area contributed by atoms with E-state index in [1.54, 1.807) is 0 Å². The quantitative estimate of drug-likeness (QED) is 0.132. The molecule has 0 N–H and O–H groups in total. The molecule has 0 aliphatic heterocycles. The highest BCUT2D eigenvalue weighted by molar-refractivity contribution is 5.94. The Hall–Kier alpha value is -6.44. The predicted molar refractivity (Wildman–Crippen MR) is 251 cm³/mol. The van der Waals surface area contributed by atoms with Crippen LogP contribution in [0.4, 0.5) is 17.1 Å². The van der Waals surface area contributed by atoms with Crippen LogP contribution in [0.2, 0.25) is 0 Å². The van der Waals surface area contributed by atoms with Crippen molar-refractivity contribution < 1.29 is 0 Å². The molecule has 0 radical (unpaired) electrons. The van der Waals surface area contributed by atoms with E-state index in [0.717, 1.165) is 25.7 Å². The summed E-state index contributed by atoms with van der Waals surface area (Å²) in [7, 11) is 0. The van der Waals surface area contributed by atoms with Crippen LogP contribution >= 0.6 is 0 Å². The Morgan fingerprint density at radius 3 is 1.83 bits per heavy atom. The second kappa shape index (κ2) is 14.7. The van der Waals surface area contributed by atoms with E-state index < -0.39 is 0 Å². The Labute approximate surface area is 350 Å². The van der Waals surface area contributed by atoms with Gasteiger partial charge in [0.05, 0.1) is 5.41 Å². The van der Waals surface area contributed by atoms with E-state index in [-0.39, 0.29) is 10.8 Å². The number of aryl methyl sites for hydroxylation is 2. The molecule has 0 fully saturated rings. The molecule has 0 amide bonds. The molecule has 288 valence electrons. The van der Waals surface area contributed by atoms with Crippen LogP contribution in [0.15, 0.2) is 182 Å². The van der Waals surface area contributed by atoms with Crippen LogP contribution in [0.1, 0.15) is 89.6 Å². The highest BCUT2D eigenvalue weighted by Gasteiger charge is 2.47. The number of benzene rings is 7. The first-order valence-corrected chi connectivity index (χ1v) is 21.5. The predicted octanol–water partition coefficient (Wildman–Crippen LogP) is 15.6. The van der Waals surface area contributed by atoms with Crippen LogP contribution in [0, 0.1) is 13.8 Å². The summed E-state index contributed by atoms with van der Waals surface area (Å²) in [5.41, 5.74) is 21.8. The third-order valence-corrected chi connectivity index (χ3v) is 13.6. The van der Waals surface area contributed by atoms with E-state index >= 15 is 0 Å². The summed E-state index contributed by atoms with van der Waals surface area (Å²) in [4.78, 5) is 2.41. The summed E-state index contributed by atoms with van der Waals surface area (Å²) in [6.07, 6.45) is 16.1. The molecule has 1 unspecified atom stereocenters. The molecular weight excluding hydrogens is 711 g/mol. The molecule has 7 aromatic carbocycles. The topological polar surface area (TPSA) is 3.24 Å². The number of hydrogen-bond donors (Lipinski definition) is 0. The van der Waals surface area contributed by atoms with Gasteiger partial charge in [-0.15, -0.1) is 0 Å². The van der Waals surface area contributed by atoms with Gasteiger partial charge >= 0.3 is 0 Å². The van der Waals surface area contributed by atoms with Gasteiger partial charge < -0.3 is 4.90 Å². The molecule has 0 saturated carbocycles. The molecule has 1 atom stereocenters. The minimum Gasteiger partial charge on any atom is -0.310 e. The molecule has 0 aromatic heterocycles. The summed E-state index contributed by atoms with van der Waals surface area (Å²) in [5.74, 6) is 0. The zero-order valence-electron chi connectivity index (χ0n) is 34.7. The van der Waals surface area contributed by atoms with E-state index in [4.69, 9.17) is 0 Å².